The molecule has 0 N–H and O–H groups in total. The number of nitrogens with zero attached hydrogens (tertiary/aromatic N) is 2. The molecule has 4 heteroatoms. The van der Waals surface area contributed by atoms with Gasteiger partial charge < -0.3 is 14.4 Å². The van der Waals surface area contributed by atoms with E-state index in [1.165, 1.54) is 39.8 Å². The van der Waals surface area contributed by atoms with Gasteiger partial charge in [-0.05, 0) is 97.3 Å². The van der Waals surface area contributed by atoms with Crippen LogP contribution in [0.5, 0.6) is 11.5 Å². The highest BCUT2D eigenvalue weighted by Crippen LogP contribution is 2.44. The van der Waals surface area contributed by atoms with Crippen LogP contribution in [0, 0.1) is 20.8 Å². The summed E-state index contributed by atoms with van der Waals surface area (Å²) >= 11 is 0. The molecular weight excluding hydrogens is 420 g/mol. The Labute approximate surface area is 209 Å². The van der Waals surface area contributed by atoms with E-state index in [1.54, 1.807) is 7.11 Å². The van der Waals surface area contributed by atoms with E-state index in [-0.39, 0.29) is 5.60 Å². The predicted molar refractivity (Wildman–Crippen MR) is 144 cm³/mol. The topological polar surface area (TPSA) is 24.9 Å². The Morgan fingerprint density at radius 2 is 1.65 bits per heavy atom. The highest BCUT2D eigenvalue weighted by atomic mass is 16.5. The number of hydrogen-bond acceptors (Lipinski definition) is 4. The molecule has 190 valence electrons. The highest BCUT2D eigenvalue weighted by Gasteiger charge is 2.35. The molecule has 1 atom stereocenters. The zero-order valence-corrected chi connectivity index (χ0v) is 23.1. The van der Waals surface area contributed by atoms with Gasteiger partial charge in [0.2, 0.25) is 0 Å². The van der Waals surface area contributed by atoms with E-state index in [9.17, 15) is 0 Å². The largest absolute Gasteiger partial charge is 0.496 e. The van der Waals surface area contributed by atoms with Gasteiger partial charge in [0, 0.05) is 44.8 Å². The minimum Gasteiger partial charge on any atom is -0.496 e. The Morgan fingerprint density at radius 3 is 2.29 bits per heavy atom. The van der Waals surface area contributed by atoms with Crippen LogP contribution in [0.4, 0.5) is 0 Å². The Bertz CT molecular complexity index is 905. The number of fused-ring (bicyclic) bond motifs is 1. The summed E-state index contributed by atoms with van der Waals surface area (Å²) in [6, 6.07) is 0. The fourth-order valence-electron chi connectivity index (χ4n) is 5.33. The molecule has 0 bridgehead atoms. The summed E-state index contributed by atoms with van der Waals surface area (Å²) in [5.41, 5.74) is 7.88. The zero-order valence-electron chi connectivity index (χ0n) is 23.1. The molecular formula is C30H48N2O2. The first kappa shape index (κ1) is 26.8. The van der Waals surface area contributed by atoms with Crippen LogP contribution in [0.2, 0.25) is 0 Å². The summed E-state index contributed by atoms with van der Waals surface area (Å²) in [6.45, 7) is 22.3. The number of rotatable bonds is 9. The average Bonchev–Trinajstić information content (AvgIpc) is 2.81. The van der Waals surface area contributed by atoms with Gasteiger partial charge in [-0.2, -0.15) is 0 Å². The van der Waals surface area contributed by atoms with Crippen LogP contribution in [0.3, 0.4) is 0 Å². The van der Waals surface area contributed by atoms with Gasteiger partial charge in [0.25, 0.3) is 0 Å². The summed E-state index contributed by atoms with van der Waals surface area (Å²) in [5, 5.41) is 0. The van der Waals surface area contributed by atoms with E-state index in [0.717, 1.165) is 76.5 Å². The lowest BCUT2D eigenvalue weighted by Gasteiger charge is -2.40. The van der Waals surface area contributed by atoms with Crippen LogP contribution in [-0.2, 0) is 6.42 Å². The van der Waals surface area contributed by atoms with Gasteiger partial charge in [0.05, 0.1) is 7.11 Å². The molecule has 0 aromatic heterocycles. The second-order valence-electron chi connectivity index (χ2n) is 11.0. The first-order valence-corrected chi connectivity index (χ1v) is 13.2. The molecule has 3 rings (SSSR count). The van der Waals surface area contributed by atoms with E-state index >= 15 is 0 Å². The SMILES string of the molecule is COc1c(C)c(C)c2c(c1C)CCC(C)(CCN1CCN(CC=C(C)CCC=C(C)C)CC1)O2. The van der Waals surface area contributed by atoms with Gasteiger partial charge in [0.1, 0.15) is 17.1 Å². The van der Waals surface area contributed by atoms with Gasteiger partial charge in [-0.1, -0.05) is 23.3 Å². The van der Waals surface area contributed by atoms with Crippen molar-refractivity contribution in [3.05, 3.63) is 45.6 Å². The van der Waals surface area contributed by atoms with Crippen LogP contribution in [0.25, 0.3) is 0 Å². The third kappa shape index (κ3) is 6.66. The first-order valence-electron chi connectivity index (χ1n) is 13.2. The molecule has 0 spiro atoms. The van der Waals surface area contributed by atoms with Gasteiger partial charge in [-0.3, -0.25) is 4.90 Å². The number of allylic oxidation sites excluding steroid dienone is 3. The summed E-state index contributed by atoms with van der Waals surface area (Å²) < 4.78 is 12.4. The Kier molecular flexibility index (Phi) is 9.28. The average molecular weight is 469 g/mol. The molecule has 1 aromatic carbocycles. The van der Waals surface area contributed by atoms with Crippen LogP contribution in [0.15, 0.2) is 23.3 Å². The monoisotopic (exact) mass is 468 g/mol. The minimum absolute atomic E-state index is 0.0898. The maximum absolute atomic E-state index is 6.73. The second kappa shape index (κ2) is 11.8. The van der Waals surface area contributed by atoms with Gasteiger partial charge >= 0.3 is 0 Å². The van der Waals surface area contributed by atoms with E-state index in [4.69, 9.17) is 9.47 Å². The Hall–Kier alpha value is -1.78. The number of benzene rings is 1. The van der Waals surface area contributed by atoms with Crippen molar-refractivity contribution in [2.24, 2.45) is 0 Å². The van der Waals surface area contributed by atoms with Gasteiger partial charge in [-0.15, -0.1) is 0 Å². The minimum atomic E-state index is -0.0898. The van der Waals surface area contributed by atoms with Crippen molar-refractivity contribution in [2.45, 2.75) is 86.2 Å². The summed E-state index contributed by atoms with van der Waals surface area (Å²) in [4.78, 5) is 5.22. The Morgan fingerprint density at radius 1 is 0.971 bits per heavy atom. The molecule has 0 radical (unpaired) electrons. The number of hydrogen-bond donors (Lipinski definition) is 0. The van der Waals surface area contributed by atoms with Crippen molar-refractivity contribution in [3.8, 4) is 11.5 Å². The smallest absolute Gasteiger partial charge is 0.127 e. The molecule has 2 aliphatic rings. The highest BCUT2D eigenvalue weighted by molar-refractivity contribution is 5.58. The van der Waals surface area contributed by atoms with Crippen molar-refractivity contribution >= 4 is 0 Å². The third-order valence-corrected chi connectivity index (χ3v) is 7.98. The number of methoxy groups -OCH3 is 1. The maximum atomic E-state index is 6.73. The van der Waals surface area contributed by atoms with Crippen molar-refractivity contribution < 1.29 is 9.47 Å². The van der Waals surface area contributed by atoms with E-state index in [2.05, 4.69) is 70.4 Å². The summed E-state index contributed by atoms with van der Waals surface area (Å²) in [5.74, 6) is 2.14. The zero-order chi connectivity index (χ0) is 24.9. The van der Waals surface area contributed by atoms with E-state index in [0.29, 0.717) is 0 Å². The first-order chi connectivity index (χ1) is 16.1. The van der Waals surface area contributed by atoms with Gasteiger partial charge in [-0.25, -0.2) is 0 Å². The van der Waals surface area contributed by atoms with Gasteiger partial charge in [0.15, 0.2) is 0 Å². The molecule has 1 unspecified atom stereocenters. The molecule has 0 aliphatic carbocycles. The predicted octanol–water partition coefficient (Wildman–Crippen LogP) is 6.40. The molecule has 0 saturated carbocycles. The second-order valence-corrected chi connectivity index (χ2v) is 11.0. The van der Waals surface area contributed by atoms with Crippen molar-refractivity contribution in [3.63, 3.8) is 0 Å². The summed E-state index contributed by atoms with van der Waals surface area (Å²) in [6.07, 6.45) is 10.3. The third-order valence-electron chi connectivity index (χ3n) is 7.98. The van der Waals surface area contributed by atoms with Crippen LogP contribution in [0.1, 0.15) is 75.6 Å². The van der Waals surface area contributed by atoms with Crippen molar-refractivity contribution in [2.75, 3.05) is 46.4 Å². The molecule has 2 heterocycles. The lowest BCUT2D eigenvalue weighted by molar-refractivity contribution is 0.0365. The van der Waals surface area contributed by atoms with Crippen molar-refractivity contribution in [1.82, 2.24) is 9.80 Å². The lowest BCUT2D eigenvalue weighted by Crippen LogP contribution is -2.48. The van der Waals surface area contributed by atoms with Crippen LogP contribution < -0.4 is 9.47 Å². The molecule has 34 heavy (non-hydrogen) atoms. The van der Waals surface area contributed by atoms with E-state index < -0.39 is 0 Å². The number of ether oxygens (including phenoxy) is 2. The Balaban J connectivity index is 1.48. The van der Waals surface area contributed by atoms with Crippen molar-refractivity contribution in [1.29, 1.82) is 0 Å². The molecule has 0 amide bonds. The summed E-state index contributed by atoms with van der Waals surface area (Å²) in [7, 11) is 1.78. The fraction of sp³-hybridized carbons (Fsp3) is 0.667. The molecule has 1 fully saturated rings. The van der Waals surface area contributed by atoms with Crippen LogP contribution in [-0.4, -0.2) is 61.8 Å². The molecule has 1 aromatic rings. The van der Waals surface area contributed by atoms with E-state index in [1.807, 2.05) is 0 Å². The fourth-order valence-corrected chi connectivity index (χ4v) is 5.33. The molecule has 4 nitrogen and oxygen atoms in total. The maximum Gasteiger partial charge on any atom is 0.127 e. The molecule has 1 saturated heterocycles. The standard InChI is InChI=1S/C30H48N2O2/c1-22(2)10-9-11-23(3)13-16-31-18-20-32(21-19-31)17-15-30(7)14-12-27-26(6)28(33-8)24(4)25(5)29(27)34-30/h10,13H,9,11-12,14-21H2,1-8H3. The quantitative estimate of drug-likeness (QED) is 0.391. The lowest BCUT2D eigenvalue weighted by atomic mass is 9.85. The molecule has 2 aliphatic heterocycles. The van der Waals surface area contributed by atoms with Crippen LogP contribution >= 0.6 is 0 Å². The number of piperazine rings is 1. The normalized spacial score (nSPS) is 21.7.